The Morgan fingerprint density at radius 1 is 1.09 bits per heavy atom. The second-order valence-corrected chi connectivity index (χ2v) is 10.5. The van der Waals surface area contributed by atoms with E-state index in [9.17, 15) is 9.18 Å². The average Bonchev–Trinajstić information content (AvgIpc) is 3.01. The summed E-state index contributed by atoms with van der Waals surface area (Å²) in [5.41, 5.74) is 9.44. The van der Waals surface area contributed by atoms with Crippen LogP contribution in [0.5, 0.6) is 0 Å². The van der Waals surface area contributed by atoms with E-state index >= 15 is 0 Å². The summed E-state index contributed by atoms with van der Waals surface area (Å²) < 4.78 is 19.6. The van der Waals surface area contributed by atoms with Crippen molar-refractivity contribution < 1.29 is 13.9 Å². The highest BCUT2D eigenvalue weighted by Crippen LogP contribution is 2.42. The maximum Gasteiger partial charge on any atom is 0.306 e. The quantitative estimate of drug-likeness (QED) is 0.363. The average molecular weight is 472 g/mol. The zero-order valence-electron chi connectivity index (χ0n) is 20.9. The molecule has 0 bridgehead atoms. The Bertz CT molecular complexity index is 1230. The molecule has 35 heavy (non-hydrogen) atoms. The lowest BCUT2D eigenvalue weighted by atomic mass is 9.84. The molecule has 1 aliphatic heterocycles. The van der Waals surface area contributed by atoms with Gasteiger partial charge in [-0.15, -0.1) is 0 Å². The number of fused-ring (bicyclic) bond motifs is 3. The van der Waals surface area contributed by atoms with Crippen molar-refractivity contribution >= 4 is 5.97 Å². The lowest BCUT2D eigenvalue weighted by molar-refractivity contribution is -0.156. The zero-order chi connectivity index (χ0) is 24.5. The van der Waals surface area contributed by atoms with Crippen LogP contribution in [-0.2, 0) is 28.8 Å². The van der Waals surface area contributed by atoms with Gasteiger partial charge in [-0.3, -0.25) is 9.78 Å². The molecule has 0 amide bonds. The molecule has 1 aliphatic carbocycles. The monoisotopic (exact) mass is 471 g/mol. The molecule has 0 radical (unpaired) electrons. The van der Waals surface area contributed by atoms with Crippen molar-refractivity contribution in [2.75, 3.05) is 0 Å². The number of nitrogens with zero attached hydrogens (tertiary/aromatic N) is 1. The Kier molecular flexibility index (Phi) is 6.73. The molecule has 1 aromatic heterocycles. The molecule has 4 heteroatoms. The maximum absolute atomic E-state index is 13.9. The second kappa shape index (κ2) is 9.93. The highest BCUT2D eigenvalue weighted by atomic mass is 19.1. The molecule has 0 saturated carbocycles. The molecule has 2 aliphatic rings. The van der Waals surface area contributed by atoms with E-state index in [1.54, 1.807) is 12.1 Å². The van der Waals surface area contributed by atoms with Crippen LogP contribution in [-0.4, -0.2) is 17.1 Å². The van der Waals surface area contributed by atoms with Crippen LogP contribution in [0, 0.1) is 11.7 Å². The topological polar surface area (TPSA) is 39.2 Å². The number of aromatic nitrogens is 1. The van der Waals surface area contributed by atoms with Gasteiger partial charge in [0.1, 0.15) is 11.9 Å². The highest BCUT2D eigenvalue weighted by molar-refractivity contribution is 5.81. The molecule has 2 atom stereocenters. The third-order valence-electron chi connectivity index (χ3n) is 7.45. The van der Waals surface area contributed by atoms with Crippen LogP contribution in [0.4, 0.5) is 4.39 Å². The third-order valence-corrected chi connectivity index (χ3v) is 7.45. The van der Waals surface area contributed by atoms with Gasteiger partial charge in [-0.25, -0.2) is 4.39 Å². The van der Waals surface area contributed by atoms with Crippen LogP contribution in [0.25, 0.3) is 22.4 Å². The summed E-state index contributed by atoms with van der Waals surface area (Å²) in [5.74, 6) is 0.267. The summed E-state index contributed by atoms with van der Waals surface area (Å²) in [5, 5.41) is 0. The van der Waals surface area contributed by atoms with Gasteiger partial charge in [0.05, 0.1) is 5.69 Å². The van der Waals surface area contributed by atoms with E-state index in [0.717, 1.165) is 55.5 Å². The van der Waals surface area contributed by atoms with Gasteiger partial charge in [0.25, 0.3) is 0 Å². The van der Waals surface area contributed by atoms with Crippen molar-refractivity contribution in [2.24, 2.45) is 5.92 Å². The van der Waals surface area contributed by atoms with Crippen LogP contribution < -0.4 is 0 Å². The summed E-state index contributed by atoms with van der Waals surface area (Å²) in [7, 11) is 0. The smallest absolute Gasteiger partial charge is 0.306 e. The lowest BCUT2D eigenvalue weighted by Crippen LogP contribution is -2.29. The number of hydrogen-bond donors (Lipinski definition) is 0. The molecule has 1 fully saturated rings. The zero-order valence-corrected chi connectivity index (χ0v) is 20.9. The fourth-order valence-electron chi connectivity index (χ4n) is 5.85. The largest absolute Gasteiger partial charge is 0.462 e. The number of cyclic esters (lactones) is 1. The van der Waals surface area contributed by atoms with Gasteiger partial charge in [-0.05, 0) is 90.3 Å². The number of ether oxygens (including phenoxy) is 1. The van der Waals surface area contributed by atoms with Crippen molar-refractivity contribution in [3.8, 4) is 22.4 Å². The van der Waals surface area contributed by atoms with Crippen LogP contribution in [0.2, 0.25) is 0 Å². The summed E-state index contributed by atoms with van der Waals surface area (Å²) in [6.45, 7) is 6.51. The number of carbonyl (C=O) groups is 1. The van der Waals surface area contributed by atoms with E-state index in [2.05, 4.69) is 45.0 Å². The summed E-state index contributed by atoms with van der Waals surface area (Å²) in [6.07, 6.45) is 5.93. The van der Waals surface area contributed by atoms with E-state index in [1.807, 2.05) is 12.1 Å². The highest BCUT2D eigenvalue weighted by Gasteiger charge is 2.29. The van der Waals surface area contributed by atoms with E-state index in [0.29, 0.717) is 12.3 Å². The Morgan fingerprint density at radius 3 is 2.60 bits per heavy atom. The van der Waals surface area contributed by atoms with Crippen molar-refractivity contribution in [3.05, 3.63) is 76.7 Å². The fourth-order valence-corrected chi connectivity index (χ4v) is 5.85. The predicted molar refractivity (Wildman–Crippen MR) is 138 cm³/mol. The molecule has 0 unspecified atom stereocenters. The lowest BCUT2D eigenvalue weighted by Gasteiger charge is -2.28. The molecule has 182 valence electrons. The van der Waals surface area contributed by atoms with E-state index in [-0.39, 0.29) is 23.8 Å². The minimum absolute atomic E-state index is 0.0631. The Labute approximate surface area is 207 Å². The summed E-state index contributed by atoms with van der Waals surface area (Å²) in [6, 6.07) is 15.5. The van der Waals surface area contributed by atoms with Crippen molar-refractivity contribution in [2.45, 2.75) is 77.7 Å². The van der Waals surface area contributed by atoms with E-state index in [4.69, 9.17) is 9.72 Å². The minimum atomic E-state index is -0.229. The Balaban J connectivity index is 1.67. The number of esters is 1. The van der Waals surface area contributed by atoms with Gasteiger partial charge < -0.3 is 4.74 Å². The third kappa shape index (κ3) is 4.89. The van der Waals surface area contributed by atoms with Crippen LogP contribution >= 0.6 is 0 Å². The molecule has 0 N–H and O–H groups in total. The van der Waals surface area contributed by atoms with Crippen LogP contribution in [0.1, 0.15) is 74.8 Å². The molecule has 3 aromatic rings. The normalized spacial score (nSPS) is 19.6. The first kappa shape index (κ1) is 23.7. The summed E-state index contributed by atoms with van der Waals surface area (Å²) >= 11 is 0. The van der Waals surface area contributed by atoms with Gasteiger partial charge in [0, 0.05) is 17.7 Å². The van der Waals surface area contributed by atoms with E-state index < -0.39 is 0 Å². The van der Waals surface area contributed by atoms with Crippen molar-refractivity contribution in [3.63, 3.8) is 0 Å². The van der Waals surface area contributed by atoms with E-state index in [1.165, 1.54) is 27.8 Å². The molecule has 3 nitrogen and oxygen atoms in total. The number of aryl methyl sites for hydroxylation is 1. The van der Waals surface area contributed by atoms with Crippen molar-refractivity contribution in [1.29, 1.82) is 0 Å². The summed E-state index contributed by atoms with van der Waals surface area (Å²) in [4.78, 5) is 17.4. The number of hydrogen-bond acceptors (Lipinski definition) is 3. The predicted octanol–water partition coefficient (Wildman–Crippen LogP) is 7.44. The standard InChI is InChI=1S/C31H34FNO2/c1-19(2)30-27(16-15-24-17-20(3)18-28(34)35-24)29(22-11-13-23(32)14-12-22)26-10-6-8-21-7-4-5-9-25(21)31(26)33-30/h4-5,7,9,11-14,19-20,24H,6,8,10,15-18H2,1-3H3/t20-,24-/m1/s1. The second-order valence-electron chi connectivity index (χ2n) is 10.5. The van der Waals surface area contributed by atoms with Crippen LogP contribution in [0.15, 0.2) is 48.5 Å². The number of rotatable bonds is 5. The number of carbonyl (C=O) groups excluding carboxylic acids is 1. The Hall–Kier alpha value is -3.01. The van der Waals surface area contributed by atoms with Crippen LogP contribution in [0.3, 0.4) is 0 Å². The Morgan fingerprint density at radius 2 is 1.86 bits per heavy atom. The molecule has 5 rings (SSSR count). The SMILES string of the molecule is CC(C)c1nc2c(c(-c3ccc(F)cc3)c1CC[C@@H]1C[C@@H](C)CC(=O)O1)CCCc1ccccc1-2. The van der Waals surface area contributed by atoms with Gasteiger partial charge in [0.2, 0.25) is 0 Å². The number of halogens is 1. The molecular formula is C31H34FNO2. The molecule has 1 saturated heterocycles. The molecular weight excluding hydrogens is 437 g/mol. The molecule has 2 aromatic carbocycles. The number of pyridine rings is 1. The number of benzene rings is 2. The maximum atomic E-state index is 13.9. The van der Waals surface area contributed by atoms with Gasteiger partial charge >= 0.3 is 5.97 Å². The van der Waals surface area contributed by atoms with Gasteiger partial charge in [-0.1, -0.05) is 57.2 Å². The first-order valence-corrected chi connectivity index (χ1v) is 13.0. The van der Waals surface area contributed by atoms with Gasteiger partial charge in [-0.2, -0.15) is 0 Å². The molecule has 0 spiro atoms. The fraction of sp³-hybridized carbons (Fsp3) is 0.419. The molecule has 2 heterocycles. The first-order valence-electron chi connectivity index (χ1n) is 13.0. The van der Waals surface area contributed by atoms with Gasteiger partial charge in [0.15, 0.2) is 0 Å². The minimum Gasteiger partial charge on any atom is -0.462 e. The van der Waals surface area contributed by atoms with Crippen molar-refractivity contribution in [1.82, 2.24) is 4.98 Å². The first-order chi connectivity index (χ1) is 16.9.